The van der Waals surface area contributed by atoms with Crippen molar-refractivity contribution in [3.8, 4) is 0 Å². The van der Waals surface area contributed by atoms with Crippen molar-refractivity contribution in [2.75, 3.05) is 12.4 Å². The molecule has 0 heterocycles. The van der Waals surface area contributed by atoms with E-state index in [0.717, 1.165) is 24.8 Å². The molecule has 0 bridgehead atoms. The van der Waals surface area contributed by atoms with E-state index in [-0.39, 0.29) is 23.5 Å². The van der Waals surface area contributed by atoms with Crippen molar-refractivity contribution < 1.29 is 14.3 Å². The van der Waals surface area contributed by atoms with Gasteiger partial charge in [0.15, 0.2) is 0 Å². The topological polar surface area (TPSA) is 67.8 Å². The highest BCUT2D eigenvalue weighted by Crippen LogP contribution is 2.24. The summed E-state index contributed by atoms with van der Waals surface area (Å²) in [5.74, 6) is 0.187. The summed E-state index contributed by atoms with van der Waals surface area (Å²) in [5, 5.41) is 4.83. The zero-order valence-electron chi connectivity index (χ0n) is 13.6. The van der Waals surface area contributed by atoms with Crippen LogP contribution in [0.2, 0.25) is 5.02 Å². The van der Waals surface area contributed by atoms with E-state index in [1.54, 1.807) is 6.92 Å². The van der Waals surface area contributed by atoms with Crippen LogP contribution in [0.4, 0.5) is 0 Å². The smallest absolute Gasteiger partial charge is 0.314 e. The summed E-state index contributed by atoms with van der Waals surface area (Å²) in [6.07, 6.45) is 2.34. The van der Waals surface area contributed by atoms with Crippen molar-refractivity contribution in [3.63, 3.8) is 0 Å². The maximum absolute atomic E-state index is 11.9. The van der Waals surface area contributed by atoms with Crippen LogP contribution in [0.15, 0.2) is 29.4 Å². The molecule has 5 nitrogen and oxygen atoms in total. The van der Waals surface area contributed by atoms with E-state index < -0.39 is 0 Å². The highest BCUT2D eigenvalue weighted by Gasteiger charge is 2.30. The number of rotatable bonds is 7. The van der Waals surface area contributed by atoms with E-state index in [1.807, 2.05) is 24.3 Å². The quantitative estimate of drug-likeness (QED) is 0.591. The predicted molar refractivity (Wildman–Crippen MR) is 97.2 cm³/mol. The van der Waals surface area contributed by atoms with Crippen LogP contribution in [-0.2, 0) is 20.1 Å². The number of hydrogen-bond donors (Lipinski definition) is 1. The monoisotopic (exact) mass is 368 g/mol. The number of halogens is 1. The fraction of sp³-hybridized carbons (Fsp3) is 0.471. The van der Waals surface area contributed by atoms with Crippen LogP contribution in [0.5, 0.6) is 0 Å². The summed E-state index contributed by atoms with van der Waals surface area (Å²) >= 11 is 7.55. The van der Waals surface area contributed by atoms with Gasteiger partial charge in [-0.25, -0.2) is 5.43 Å². The van der Waals surface area contributed by atoms with Crippen molar-refractivity contribution >= 4 is 41.0 Å². The first-order valence-electron chi connectivity index (χ1n) is 7.95. The Kier molecular flexibility index (Phi) is 7.59. The Morgan fingerprint density at radius 2 is 2.21 bits per heavy atom. The largest absolute Gasteiger partial charge is 0.465 e. The molecule has 1 aliphatic carbocycles. The lowest BCUT2D eigenvalue weighted by Crippen LogP contribution is -2.26. The minimum Gasteiger partial charge on any atom is -0.465 e. The maximum Gasteiger partial charge on any atom is 0.314 e. The normalized spacial score (nSPS) is 18.6. The molecule has 0 aromatic heterocycles. The molecule has 2 rings (SSSR count). The first kappa shape index (κ1) is 18.8. The molecule has 7 heteroatoms. The first-order valence-corrected chi connectivity index (χ1v) is 9.48. The van der Waals surface area contributed by atoms with Gasteiger partial charge in [0.25, 0.3) is 0 Å². The van der Waals surface area contributed by atoms with E-state index in [9.17, 15) is 9.59 Å². The summed E-state index contributed by atoms with van der Waals surface area (Å²) in [7, 11) is 0. The zero-order chi connectivity index (χ0) is 17.4. The number of amides is 1. The van der Waals surface area contributed by atoms with Crippen LogP contribution < -0.4 is 5.43 Å². The Bertz CT molecular complexity index is 622. The van der Waals surface area contributed by atoms with Crippen LogP contribution in [0, 0.1) is 5.92 Å². The predicted octanol–water partition coefficient (Wildman–Crippen LogP) is 3.41. The lowest BCUT2D eigenvalue weighted by molar-refractivity contribution is -0.145. The Hall–Kier alpha value is -1.53. The summed E-state index contributed by atoms with van der Waals surface area (Å²) in [5.41, 5.74) is 4.25. The highest BCUT2D eigenvalue weighted by molar-refractivity contribution is 7.99. The molecule has 0 saturated heterocycles. The van der Waals surface area contributed by atoms with Crippen LogP contribution in [0.3, 0.4) is 0 Å². The zero-order valence-corrected chi connectivity index (χ0v) is 15.2. The molecule has 1 fully saturated rings. The van der Waals surface area contributed by atoms with Crippen LogP contribution in [0.1, 0.15) is 31.7 Å². The number of benzene rings is 1. The van der Waals surface area contributed by atoms with Crippen LogP contribution in [-0.4, -0.2) is 29.9 Å². The van der Waals surface area contributed by atoms with Gasteiger partial charge in [0.2, 0.25) is 5.91 Å². The van der Waals surface area contributed by atoms with E-state index in [0.29, 0.717) is 23.1 Å². The molecule has 1 aliphatic rings. The summed E-state index contributed by atoms with van der Waals surface area (Å²) in [4.78, 5) is 23.7. The standard InChI is InChI=1S/C17H21ClN2O3S/c1-2-23-17(22)13-7-5-9-15(13)19-20-16(21)11-24-10-12-6-3-4-8-14(12)18/h3-4,6,8,13H,2,5,7,9-11H2,1H3,(H,20,21)/b19-15-/t13-/m0/s1. The lowest BCUT2D eigenvalue weighted by Gasteiger charge is -2.10. The summed E-state index contributed by atoms with van der Waals surface area (Å²) in [6, 6.07) is 7.57. The van der Waals surface area contributed by atoms with Gasteiger partial charge >= 0.3 is 5.97 Å². The average Bonchev–Trinajstić information content (AvgIpc) is 3.03. The molecule has 1 amide bonds. The second kappa shape index (κ2) is 9.69. The Morgan fingerprint density at radius 1 is 1.42 bits per heavy atom. The van der Waals surface area contributed by atoms with Gasteiger partial charge in [-0.2, -0.15) is 5.10 Å². The Balaban J connectivity index is 1.78. The Morgan fingerprint density at radius 3 is 2.96 bits per heavy atom. The molecular formula is C17H21ClN2O3S. The maximum atomic E-state index is 11.9. The molecule has 24 heavy (non-hydrogen) atoms. The van der Waals surface area contributed by atoms with Gasteiger partial charge in [0.05, 0.1) is 24.0 Å². The minimum atomic E-state index is -0.318. The molecule has 1 saturated carbocycles. The molecule has 0 unspecified atom stereocenters. The third-order valence-corrected chi connectivity index (χ3v) is 5.02. The SMILES string of the molecule is CCOC(=O)[C@H]1CCC/C1=N/NC(=O)CSCc1ccccc1Cl. The molecule has 1 atom stereocenters. The molecule has 0 radical (unpaired) electrons. The number of thioether (sulfide) groups is 1. The molecule has 130 valence electrons. The molecule has 0 spiro atoms. The minimum absolute atomic E-state index is 0.186. The number of hydrogen-bond acceptors (Lipinski definition) is 5. The third-order valence-electron chi connectivity index (χ3n) is 3.67. The van der Waals surface area contributed by atoms with E-state index in [1.165, 1.54) is 11.8 Å². The fourth-order valence-corrected chi connectivity index (χ4v) is 3.60. The molecule has 1 aromatic carbocycles. The average molecular weight is 369 g/mol. The second-order valence-corrected chi connectivity index (χ2v) is 6.81. The number of carbonyl (C=O) groups excluding carboxylic acids is 2. The van der Waals surface area contributed by atoms with E-state index in [2.05, 4.69) is 10.5 Å². The van der Waals surface area contributed by atoms with Crippen molar-refractivity contribution in [2.45, 2.75) is 31.9 Å². The van der Waals surface area contributed by atoms with Crippen molar-refractivity contribution in [1.29, 1.82) is 0 Å². The summed E-state index contributed by atoms with van der Waals surface area (Å²) in [6.45, 7) is 2.13. The number of nitrogens with one attached hydrogen (secondary N) is 1. The number of nitrogens with zero attached hydrogens (tertiary/aromatic N) is 1. The highest BCUT2D eigenvalue weighted by atomic mass is 35.5. The van der Waals surface area contributed by atoms with Gasteiger partial charge in [0.1, 0.15) is 0 Å². The number of esters is 1. The van der Waals surface area contributed by atoms with Gasteiger partial charge in [0, 0.05) is 10.8 Å². The molecule has 1 aromatic rings. The van der Waals surface area contributed by atoms with Crippen LogP contribution in [0.25, 0.3) is 0 Å². The second-order valence-electron chi connectivity index (χ2n) is 5.42. The number of carbonyl (C=O) groups is 2. The van der Waals surface area contributed by atoms with Gasteiger partial charge in [-0.05, 0) is 37.8 Å². The number of hydrazone groups is 1. The Labute approximate surface area is 151 Å². The van der Waals surface area contributed by atoms with E-state index in [4.69, 9.17) is 16.3 Å². The first-order chi connectivity index (χ1) is 11.6. The fourth-order valence-electron chi connectivity index (χ4n) is 2.49. The lowest BCUT2D eigenvalue weighted by atomic mass is 10.1. The van der Waals surface area contributed by atoms with Gasteiger partial charge in [-0.3, -0.25) is 9.59 Å². The van der Waals surface area contributed by atoms with Gasteiger partial charge in [-0.15, -0.1) is 11.8 Å². The third kappa shape index (κ3) is 5.53. The molecular weight excluding hydrogens is 348 g/mol. The van der Waals surface area contributed by atoms with Gasteiger partial charge in [-0.1, -0.05) is 29.8 Å². The molecule has 1 N–H and O–H groups in total. The van der Waals surface area contributed by atoms with Crippen molar-refractivity contribution in [2.24, 2.45) is 11.0 Å². The van der Waals surface area contributed by atoms with Gasteiger partial charge < -0.3 is 4.74 Å². The van der Waals surface area contributed by atoms with E-state index >= 15 is 0 Å². The van der Waals surface area contributed by atoms with Crippen molar-refractivity contribution in [3.05, 3.63) is 34.9 Å². The van der Waals surface area contributed by atoms with Crippen molar-refractivity contribution in [1.82, 2.24) is 5.43 Å². The van der Waals surface area contributed by atoms with Crippen LogP contribution >= 0.6 is 23.4 Å². The number of ether oxygens (including phenoxy) is 1. The summed E-state index contributed by atoms with van der Waals surface area (Å²) < 4.78 is 5.04. The molecule has 0 aliphatic heterocycles.